The molecule has 5 heteroatoms. The molecule has 4 rings (SSSR count). The molecule has 0 unspecified atom stereocenters. The fraction of sp³-hybridized carbons (Fsp3) is 0.0800. The van der Waals surface area contributed by atoms with Gasteiger partial charge in [0.25, 0.3) is 0 Å². The van der Waals surface area contributed by atoms with Crippen LogP contribution in [0.3, 0.4) is 0 Å². The minimum atomic E-state index is -0.951. The zero-order valence-corrected chi connectivity index (χ0v) is 16.1. The highest BCUT2D eigenvalue weighted by atomic mass is 16.4. The summed E-state index contributed by atoms with van der Waals surface area (Å²) in [5, 5.41) is 17.2. The Labute approximate surface area is 174 Å². The van der Waals surface area contributed by atoms with Gasteiger partial charge in [0.1, 0.15) is 0 Å². The molecule has 0 aliphatic heterocycles. The largest absolute Gasteiger partial charge is 0.478 e. The summed E-state index contributed by atoms with van der Waals surface area (Å²) in [6.07, 6.45) is 1.12. The molecule has 0 aliphatic rings. The summed E-state index contributed by atoms with van der Waals surface area (Å²) >= 11 is 0. The summed E-state index contributed by atoms with van der Waals surface area (Å²) in [5.41, 5.74) is 4.01. The molecule has 0 spiro atoms. The minimum Gasteiger partial charge on any atom is -0.478 e. The Hall–Kier alpha value is -4.17. The van der Waals surface area contributed by atoms with Gasteiger partial charge in [0.2, 0.25) is 11.8 Å². The van der Waals surface area contributed by atoms with Gasteiger partial charge in [-0.15, -0.1) is 10.2 Å². The number of hydrogen-bond acceptors (Lipinski definition) is 4. The van der Waals surface area contributed by atoms with Crippen molar-refractivity contribution in [2.24, 2.45) is 0 Å². The van der Waals surface area contributed by atoms with E-state index in [1.807, 2.05) is 42.5 Å². The number of carboxylic acids is 1. The Bertz CT molecular complexity index is 1220. The van der Waals surface area contributed by atoms with Gasteiger partial charge in [-0.1, -0.05) is 60.4 Å². The third kappa shape index (κ3) is 4.81. The molecule has 0 aliphatic carbocycles. The van der Waals surface area contributed by atoms with Crippen LogP contribution in [-0.2, 0) is 12.8 Å². The van der Waals surface area contributed by atoms with E-state index in [1.165, 1.54) is 5.56 Å². The fourth-order valence-corrected chi connectivity index (χ4v) is 2.96. The predicted molar refractivity (Wildman–Crippen MR) is 113 cm³/mol. The standard InChI is InChI=1S/C25H18N2O3/c28-25(29)21-14-12-20(13-15-21)17-23-26-27-24(30-23)22-11-5-10-19(16-22)9-4-8-18-6-2-1-3-7-18/h1-3,5-7,10-16H,8,17H2,(H,28,29). The SMILES string of the molecule is O=C(O)c1ccc(Cc2nnc(-c3cccc(C#CCc4ccccc4)c3)o2)cc1. The van der Waals surface area contributed by atoms with Crippen molar-refractivity contribution in [2.75, 3.05) is 0 Å². The van der Waals surface area contributed by atoms with E-state index in [9.17, 15) is 4.79 Å². The van der Waals surface area contributed by atoms with E-state index in [2.05, 4.69) is 34.2 Å². The quantitative estimate of drug-likeness (QED) is 0.500. The lowest BCUT2D eigenvalue weighted by molar-refractivity contribution is 0.0697. The van der Waals surface area contributed by atoms with Crippen LogP contribution in [0.2, 0.25) is 0 Å². The maximum atomic E-state index is 10.9. The van der Waals surface area contributed by atoms with Crippen molar-refractivity contribution in [3.8, 4) is 23.3 Å². The molecule has 0 amide bonds. The van der Waals surface area contributed by atoms with Crippen LogP contribution in [0.5, 0.6) is 0 Å². The lowest BCUT2D eigenvalue weighted by Crippen LogP contribution is -1.96. The number of rotatable bonds is 5. The number of carbonyl (C=O) groups is 1. The van der Waals surface area contributed by atoms with Gasteiger partial charge >= 0.3 is 5.97 Å². The van der Waals surface area contributed by atoms with Gasteiger partial charge in [-0.2, -0.15) is 0 Å². The molecule has 30 heavy (non-hydrogen) atoms. The molecule has 3 aromatic carbocycles. The number of aromatic nitrogens is 2. The Morgan fingerprint density at radius 2 is 1.70 bits per heavy atom. The van der Waals surface area contributed by atoms with Gasteiger partial charge in [-0.25, -0.2) is 4.79 Å². The second-order valence-electron chi connectivity index (χ2n) is 6.72. The zero-order valence-electron chi connectivity index (χ0n) is 16.1. The van der Waals surface area contributed by atoms with Gasteiger partial charge < -0.3 is 9.52 Å². The second-order valence-corrected chi connectivity index (χ2v) is 6.72. The molecule has 1 heterocycles. The Kier molecular flexibility index (Phi) is 5.68. The molecular weight excluding hydrogens is 376 g/mol. The normalized spacial score (nSPS) is 10.3. The van der Waals surface area contributed by atoms with E-state index < -0.39 is 5.97 Å². The molecule has 0 fully saturated rings. The summed E-state index contributed by atoms with van der Waals surface area (Å²) in [6, 6.07) is 24.4. The van der Waals surface area contributed by atoms with E-state index in [-0.39, 0.29) is 5.56 Å². The van der Waals surface area contributed by atoms with Crippen LogP contribution in [0.4, 0.5) is 0 Å². The zero-order chi connectivity index (χ0) is 20.8. The lowest BCUT2D eigenvalue weighted by Gasteiger charge is -1.99. The van der Waals surface area contributed by atoms with Gasteiger partial charge in [0.15, 0.2) is 0 Å². The highest BCUT2D eigenvalue weighted by Gasteiger charge is 2.10. The van der Waals surface area contributed by atoms with Crippen molar-refractivity contribution in [3.63, 3.8) is 0 Å². The first-order valence-corrected chi connectivity index (χ1v) is 9.45. The van der Waals surface area contributed by atoms with E-state index in [4.69, 9.17) is 9.52 Å². The van der Waals surface area contributed by atoms with E-state index in [0.29, 0.717) is 24.6 Å². The van der Waals surface area contributed by atoms with Crippen LogP contribution < -0.4 is 0 Å². The molecule has 0 atom stereocenters. The molecule has 146 valence electrons. The van der Waals surface area contributed by atoms with Crippen LogP contribution in [0.1, 0.15) is 32.9 Å². The molecule has 0 radical (unpaired) electrons. The van der Waals surface area contributed by atoms with Crippen LogP contribution >= 0.6 is 0 Å². The second kappa shape index (κ2) is 8.89. The highest BCUT2D eigenvalue weighted by Crippen LogP contribution is 2.20. The summed E-state index contributed by atoms with van der Waals surface area (Å²) in [4.78, 5) is 10.9. The molecule has 1 aromatic heterocycles. The maximum absolute atomic E-state index is 10.9. The summed E-state index contributed by atoms with van der Waals surface area (Å²) in [7, 11) is 0. The van der Waals surface area contributed by atoms with Crippen molar-refractivity contribution in [2.45, 2.75) is 12.8 Å². The lowest BCUT2D eigenvalue weighted by atomic mass is 10.1. The first kappa shape index (κ1) is 19.2. The Morgan fingerprint density at radius 3 is 2.47 bits per heavy atom. The average molecular weight is 394 g/mol. The number of hydrogen-bond donors (Lipinski definition) is 1. The topological polar surface area (TPSA) is 76.2 Å². The van der Waals surface area contributed by atoms with Crippen LogP contribution in [0, 0.1) is 11.8 Å². The van der Waals surface area contributed by atoms with Gasteiger partial charge in [-0.05, 0) is 41.5 Å². The molecule has 1 N–H and O–H groups in total. The highest BCUT2D eigenvalue weighted by molar-refractivity contribution is 5.87. The maximum Gasteiger partial charge on any atom is 0.335 e. The number of nitrogens with zero attached hydrogens (tertiary/aromatic N) is 2. The summed E-state index contributed by atoms with van der Waals surface area (Å²) in [6.45, 7) is 0. The average Bonchev–Trinajstić information content (AvgIpc) is 3.24. The number of carboxylic acid groups (broad SMARTS) is 1. The fourth-order valence-electron chi connectivity index (χ4n) is 2.96. The molecule has 4 aromatic rings. The molecule has 5 nitrogen and oxygen atoms in total. The van der Waals surface area contributed by atoms with E-state index in [1.54, 1.807) is 24.3 Å². The predicted octanol–water partition coefficient (Wildman–Crippen LogP) is 4.62. The smallest absolute Gasteiger partial charge is 0.335 e. The van der Waals surface area contributed by atoms with Gasteiger partial charge in [0, 0.05) is 17.5 Å². The molecule has 0 bridgehead atoms. The third-order valence-corrected chi connectivity index (χ3v) is 4.50. The molecule has 0 saturated heterocycles. The van der Waals surface area contributed by atoms with Crippen molar-refractivity contribution in [1.82, 2.24) is 10.2 Å². The molecular formula is C25H18N2O3. The number of benzene rings is 3. The van der Waals surface area contributed by atoms with Gasteiger partial charge in [-0.3, -0.25) is 0 Å². The van der Waals surface area contributed by atoms with Crippen molar-refractivity contribution in [3.05, 3.63) is 107 Å². The Balaban J connectivity index is 1.45. The van der Waals surface area contributed by atoms with E-state index in [0.717, 1.165) is 16.7 Å². The van der Waals surface area contributed by atoms with Crippen LogP contribution in [0.25, 0.3) is 11.5 Å². The minimum absolute atomic E-state index is 0.246. The monoisotopic (exact) mass is 394 g/mol. The van der Waals surface area contributed by atoms with Crippen LogP contribution in [-0.4, -0.2) is 21.3 Å². The van der Waals surface area contributed by atoms with Crippen LogP contribution in [0.15, 0.2) is 83.3 Å². The summed E-state index contributed by atoms with van der Waals surface area (Å²) in [5.74, 6) is 6.31. The van der Waals surface area contributed by atoms with Crippen molar-refractivity contribution >= 4 is 5.97 Å². The first-order chi connectivity index (χ1) is 14.7. The molecule has 0 saturated carbocycles. The van der Waals surface area contributed by atoms with Crippen molar-refractivity contribution < 1.29 is 14.3 Å². The Morgan fingerprint density at radius 1 is 0.900 bits per heavy atom. The summed E-state index contributed by atoms with van der Waals surface area (Å²) < 4.78 is 5.79. The first-order valence-electron chi connectivity index (χ1n) is 9.45. The van der Waals surface area contributed by atoms with Crippen molar-refractivity contribution in [1.29, 1.82) is 0 Å². The van der Waals surface area contributed by atoms with Gasteiger partial charge in [0.05, 0.1) is 12.0 Å². The van der Waals surface area contributed by atoms with E-state index >= 15 is 0 Å². The number of aromatic carboxylic acids is 1. The third-order valence-electron chi connectivity index (χ3n) is 4.50.